The van der Waals surface area contributed by atoms with Gasteiger partial charge in [-0.05, 0) is 18.1 Å². The van der Waals surface area contributed by atoms with Crippen LogP contribution >= 0.6 is 0 Å². The summed E-state index contributed by atoms with van der Waals surface area (Å²) in [5.41, 5.74) is 0. The molecule has 0 unspecified atom stereocenters. The van der Waals surface area contributed by atoms with Crippen molar-refractivity contribution in [1.29, 1.82) is 0 Å². The van der Waals surface area contributed by atoms with E-state index in [1.54, 1.807) is 0 Å². The van der Waals surface area contributed by atoms with Crippen molar-refractivity contribution in [2.24, 2.45) is 0 Å². The quantitative estimate of drug-likeness (QED) is 0.645. The van der Waals surface area contributed by atoms with E-state index in [0.29, 0.717) is 0 Å². The van der Waals surface area contributed by atoms with Crippen LogP contribution in [-0.2, 0) is 9.16 Å². The molecule has 0 saturated carbocycles. The second kappa shape index (κ2) is 4.95. The highest BCUT2D eigenvalue weighted by molar-refractivity contribution is 6.74. The Labute approximate surface area is 103 Å². The number of hydrogen-bond donors (Lipinski definition) is 3. The number of ether oxygens (including phenoxy) is 1. The summed E-state index contributed by atoms with van der Waals surface area (Å²) in [5, 5.41) is 28.4. The minimum Gasteiger partial charge on any atom is -0.394 e. The van der Waals surface area contributed by atoms with Crippen LogP contribution in [0.4, 0.5) is 0 Å². The maximum atomic E-state index is 9.80. The molecular weight excluding hydrogens is 240 g/mol. The van der Waals surface area contributed by atoms with Crippen molar-refractivity contribution in [3.8, 4) is 0 Å². The summed E-state index contributed by atoms with van der Waals surface area (Å²) < 4.78 is 11.2. The third-order valence-electron chi connectivity index (χ3n) is 3.72. The molecule has 0 aromatic rings. The average Bonchev–Trinajstić information content (AvgIpc) is 2.43. The van der Waals surface area contributed by atoms with Gasteiger partial charge >= 0.3 is 0 Å². The van der Waals surface area contributed by atoms with Crippen molar-refractivity contribution in [2.45, 2.75) is 63.5 Å². The standard InChI is InChI=1S/C11H24O5Si/c1-11(2,3)17(4,5)16-10-9(14)8(13)7(6-12)15-10/h7-10,12-14H,6H2,1-5H3/t7-,8-,9-,10+/m0/s1. The molecule has 1 fully saturated rings. The largest absolute Gasteiger partial charge is 0.394 e. The van der Waals surface area contributed by atoms with Gasteiger partial charge in [0.1, 0.15) is 18.3 Å². The summed E-state index contributed by atoms with van der Waals surface area (Å²) in [4.78, 5) is 0. The molecule has 1 saturated heterocycles. The Kier molecular flexibility index (Phi) is 4.39. The molecule has 1 heterocycles. The van der Waals surface area contributed by atoms with Gasteiger partial charge in [0.25, 0.3) is 0 Å². The van der Waals surface area contributed by atoms with Crippen molar-refractivity contribution >= 4 is 8.32 Å². The molecule has 0 radical (unpaired) electrons. The van der Waals surface area contributed by atoms with Crippen LogP contribution in [0.1, 0.15) is 20.8 Å². The molecule has 6 heteroatoms. The van der Waals surface area contributed by atoms with E-state index in [-0.39, 0.29) is 11.6 Å². The van der Waals surface area contributed by atoms with Gasteiger partial charge in [0.2, 0.25) is 0 Å². The van der Waals surface area contributed by atoms with Crippen LogP contribution in [-0.4, -0.2) is 54.8 Å². The van der Waals surface area contributed by atoms with Crippen LogP contribution in [0.5, 0.6) is 0 Å². The molecule has 0 bridgehead atoms. The van der Waals surface area contributed by atoms with E-state index >= 15 is 0 Å². The van der Waals surface area contributed by atoms with E-state index in [4.69, 9.17) is 14.3 Å². The Balaban J connectivity index is 2.71. The Morgan fingerprint density at radius 3 is 2.06 bits per heavy atom. The molecule has 0 amide bonds. The molecular formula is C11H24O5Si. The SMILES string of the molecule is CC(C)(C)[Si](C)(C)O[C@H]1O[C@@H](CO)[C@H](O)[C@@H]1O. The minimum absolute atomic E-state index is 0.00165. The van der Waals surface area contributed by atoms with Crippen molar-refractivity contribution in [1.82, 2.24) is 0 Å². The zero-order valence-electron chi connectivity index (χ0n) is 11.2. The molecule has 1 rings (SSSR count). The lowest BCUT2D eigenvalue weighted by atomic mass is 10.1. The average molecular weight is 264 g/mol. The zero-order chi connectivity index (χ0) is 13.4. The Morgan fingerprint density at radius 1 is 1.18 bits per heavy atom. The number of aliphatic hydroxyl groups excluding tert-OH is 3. The second-order valence-corrected chi connectivity index (χ2v) is 10.8. The van der Waals surface area contributed by atoms with Gasteiger partial charge < -0.3 is 24.5 Å². The molecule has 0 aliphatic carbocycles. The lowest BCUT2D eigenvalue weighted by Gasteiger charge is -2.38. The lowest BCUT2D eigenvalue weighted by Crippen LogP contribution is -2.47. The number of hydrogen-bond acceptors (Lipinski definition) is 5. The van der Waals surface area contributed by atoms with Crippen molar-refractivity contribution in [2.75, 3.05) is 6.61 Å². The molecule has 5 nitrogen and oxygen atoms in total. The molecule has 1 aliphatic heterocycles. The summed E-state index contributed by atoms with van der Waals surface area (Å²) >= 11 is 0. The van der Waals surface area contributed by atoms with Crippen molar-refractivity contribution in [3.05, 3.63) is 0 Å². The van der Waals surface area contributed by atoms with Gasteiger partial charge in [0.15, 0.2) is 14.6 Å². The fourth-order valence-corrected chi connectivity index (χ4v) is 2.56. The zero-order valence-corrected chi connectivity index (χ0v) is 12.2. The van der Waals surface area contributed by atoms with Crippen LogP contribution < -0.4 is 0 Å². The highest BCUT2D eigenvalue weighted by atomic mass is 28.4. The molecule has 0 aromatic carbocycles. The first kappa shape index (κ1) is 15.1. The van der Waals surface area contributed by atoms with Gasteiger partial charge in [-0.3, -0.25) is 0 Å². The van der Waals surface area contributed by atoms with Crippen LogP contribution in [0.2, 0.25) is 18.1 Å². The normalized spacial score (nSPS) is 35.3. The molecule has 102 valence electrons. The Morgan fingerprint density at radius 2 is 1.71 bits per heavy atom. The van der Waals surface area contributed by atoms with Crippen molar-refractivity contribution < 1.29 is 24.5 Å². The van der Waals surface area contributed by atoms with E-state index in [1.165, 1.54) is 0 Å². The summed E-state index contributed by atoms with van der Waals surface area (Å²) in [6.45, 7) is 10.0. The van der Waals surface area contributed by atoms with Crippen LogP contribution in [0.15, 0.2) is 0 Å². The first-order valence-electron chi connectivity index (χ1n) is 5.90. The fourth-order valence-electron chi connectivity index (χ4n) is 1.43. The summed E-state index contributed by atoms with van der Waals surface area (Å²) in [6, 6.07) is 0. The number of aliphatic hydroxyl groups is 3. The summed E-state index contributed by atoms with van der Waals surface area (Å²) in [7, 11) is -2.06. The number of rotatable bonds is 3. The highest BCUT2D eigenvalue weighted by Gasteiger charge is 2.48. The summed E-state index contributed by atoms with van der Waals surface area (Å²) in [5.74, 6) is 0. The Bertz CT molecular complexity index is 263. The van der Waals surface area contributed by atoms with Gasteiger partial charge in [-0.2, -0.15) is 0 Å². The fraction of sp³-hybridized carbons (Fsp3) is 1.00. The molecule has 3 N–H and O–H groups in total. The third-order valence-corrected chi connectivity index (χ3v) is 8.15. The maximum Gasteiger partial charge on any atom is 0.195 e. The summed E-state index contributed by atoms with van der Waals surface area (Å²) in [6.07, 6.45) is -3.79. The van der Waals surface area contributed by atoms with Gasteiger partial charge in [0.05, 0.1) is 6.61 Å². The molecule has 0 spiro atoms. The van der Waals surface area contributed by atoms with Gasteiger partial charge in [-0.25, -0.2) is 0 Å². The van der Waals surface area contributed by atoms with Gasteiger partial charge in [-0.15, -0.1) is 0 Å². The Hall–Kier alpha value is 0.0169. The maximum absolute atomic E-state index is 9.80. The molecule has 4 atom stereocenters. The smallest absolute Gasteiger partial charge is 0.195 e. The highest BCUT2D eigenvalue weighted by Crippen LogP contribution is 2.39. The second-order valence-electron chi connectivity index (χ2n) is 6.08. The lowest BCUT2D eigenvalue weighted by molar-refractivity contribution is -0.123. The molecule has 1 aliphatic rings. The monoisotopic (exact) mass is 264 g/mol. The van der Waals surface area contributed by atoms with Crippen LogP contribution in [0.25, 0.3) is 0 Å². The topological polar surface area (TPSA) is 79.2 Å². The van der Waals surface area contributed by atoms with E-state index in [0.717, 1.165) is 0 Å². The van der Waals surface area contributed by atoms with E-state index in [2.05, 4.69) is 20.8 Å². The van der Waals surface area contributed by atoms with E-state index in [9.17, 15) is 10.2 Å². The van der Waals surface area contributed by atoms with Crippen LogP contribution in [0, 0.1) is 0 Å². The molecule has 0 aromatic heterocycles. The van der Waals surface area contributed by atoms with Crippen molar-refractivity contribution in [3.63, 3.8) is 0 Å². The first-order chi connectivity index (χ1) is 7.60. The van der Waals surface area contributed by atoms with Gasteiger partial charge in [0, 0.05) is 0 Å². The predicted octanol–water partition coefficient (Wildman–Crippen LogP) is 0.447. The minimum atomic E-state index is -2.06. The van der Waals surface area contributed by atoms with E-state index < -0.39 is 32.9 Å². The first-order valence-corrected chi connectivity index (χ1v) is 8.81. The van der Waals surface area contributed by atoms with Gasteiger partial charge in [-0.1, -0.05) is 20.8 Å². The third kappa shape index (κ3) is 3.07. The molecule has 17 heavy (non-hydrogen) atoms. The van der Waals surface area contributed by atoms with E-state index in [1.807, 2.05) is 13.1 Å². The predicted molar refractivity (Wildman–Crippen MR) is 66.0 cm³/mol. The van der Waals surface area contributed by atoms with Crippen LogP contribution in [0.3, 0.4) is 0 Å².